The van der Waals surface area contributed by atoms with Crippen LogP contribution in [0, 0.1) is 0 Å². The van der Waals surface area contributed by atoms with Gasteiger partial charge in [-0.2, -0.15) is 4.67 Å². The van der Waals surface area contributed by atoms with E-state index in [1.165, 1.54) is 11.1 Å². The van der Waals surface area contributed by atoms with Crippen molar-refractivity contribution in [3.8, 4) is 0 Å². The summed E-state index contributed by atoms with van der Waals surface area (Å²) in [6.45, 7) is 5.52. The summed E-state index contributed by atoms with van der Waals surface area (Å²) < 4.78 is 9.06. The van der Waals surface area contributed by atoms with Gasteiger partial charge in [-0.25, -0.2) is 4.52 Å². The fourth-order valence-electron chi connectivity index (χ4n) is 3.59. The van der Waals surface area contributed by atoms with Crippen molar-refractivity contribution in [3.63, 3.8) is 0 Å². The molecule has 134 valence electrons. The third-order valence-electron chi connectivity index (χ3n) is 4.90. The van der Waals surface area contributed by atoms with Crippen molar-refractivity contribution in [1.82, 2.24) is 4.67 Å². The average Bonchev–Trinajstić information content (AvgIpc) is 2.61. The SMILES string of the molecule is CC(C)N1CC[C@H](C)O[P+]1([S-])[C@H](Cc1ccccc1)c1ccccc1. The van der Waals surface area contributed by atoms with Gasteiger partial charge >= 0.3 is 0 Å². The monoisotopic (exact) mass is 373 g/mol. The zero-order valence-corrected chi connectivity index (χ0v) is 17.0. The Bertz CT molecular complexity index is 666. The van der Waals surface area contributed by atoms with Gasteiger partial charge in [0.15, 0.2) is 0 Å². The summed E-state index contributed by atoms with van der Waals surface area (Å²) >= 11 is 6.35. The molecule has 0 saturated carbocycles. The highest BCUT2D eigenvalue weighted by molar-refractivity contribution is 8.39. The fourth-order valence-corrected chi connectivity index (χ4v) is 8.71. The lowest BCUT2D eigenvalue weighted by molar-refractivity contribution is 0.146. The molecule has 0 radical (unpaired) electrons. The lowest BCUT2D eigenvalue weighted by atomic mass is 10.0. The molecule has 4 heteroatoms. The van der Waals surface area contributed by atoms with Crippen molar-refractivity contribution in [2.75, 3.05) is 6.54 Å². The minimum atomic E-state index is -2.17. The van der Waals surface area contributed by atoms with Crippen LogP contribution in [0.3, 0.4) is 0 Å². The van der Waals surface area contributed by atoms with Crippen LogP contribution in [0.1, 0.15) is 44.0 Å². The first-order valence-corrected chi connectivity index (χ1v) is 11.9. The van der Waals surface area contributed by atoms with E-state index in [1.54, 1.807) is 0 Å². The normalized spacial score (nSPS) is 25.9. The van der Waals surface area contributed by atoms with Gasteiger partial charge in [-0.3, -0.25) is 0 Å². The summed E-state index contributed by atoms with van der Waals surface area (Å²) in [7, 11) is 0. The van der Waals surface area contributed by atoms with E-state index in [2.05, 4.69) is 86.1 Å². The minimum Gasteiger partial charge on any atom is -0.505 e. The van der Waals surface area contributed by atoms with Gasteiger partial charge in [0.05, 0.1) is 6.10 Å². The highest BCUT2D eigenvalue weighted by atomic mass is 32.7. The Morgan fingerprint density at radius 2 is 1.68 bits per heavy atom. The van der Waals surface area contributed by atoms with Crippen LogP contribution in [0.4, 0.5) is 0 Å². The van der Waals surface area contributed by atoms with E-state index in [9.17, 15) is 0 Å². The van der Waals surface area contributed by atoms with Crippen LogP contribution in [-0.4, -0.2) is 23.4 Å². The summed E-state index contributed by atoms with van der Waals surface area (Å²) in [5, 5.41) is 0. The van der Waals surface area contributed by atoms with Crippen molar-refractivity contribution in [1.29, 1.82) is 0 Å². The first kappa shape index (κ1) is 18.9. The molecule has 1 heterocycles. The predicted molar refractivity (Wildman–Crippen MR) is 111 cm³/mol. The molecule has 2 aromatic rings. The van der Waals surface area contributed by atoms with E-state index in [4.69, 9.17) is 16.8 Å². The molecule has 1 aliphatic heterocycles. The van der Waals surface area contributed by atoms with Crippen LogP contribution in [0.15, 0.2) is 60.7 Å². The summed E-state index contributed by atoms with van der Waals surface area (Å²) in [6, 6.07) is 21.8. The Morgan fingerprint density at radius 3 is 2.28 bits per heavy atom. The molecule has 0 aromatic heterocycles. The minimum absolute atomic E-state index is 0.219. The molecule has 1 fully saturated rings. The van der Waals surface area contributed by atoms with Crippen LogP contribution in [-0.2, 0) is 23.2 Å². The van der Waals surface area contributed by atoms with Gasteiger partial charge in [-0.05, 0) is 38.3 Å². The summed E-state index contributed by atoms with van der Waals surface area (Å²) in [4.78, 5) is 0. The van der Waals surface area contributed by atoms with Gasteiger partial charge in [-0.15, -0.1) is 0 Å². The van der Waals surface area contributed by atoms with Crippen molar-refractivity contribution < 1.29 is 4.52 Å². The zero-order valence-electron chi connectivity index (χ0n) is 15.3. The van der Waals surface area contributed by atoms with Crippen LogP contribution >= 0.6 is 6.84 Å². The van der Waals surface area contributed by atoms with E-state index < -0.39 is 6.84 Å². The lowest BCUT2D eigenvalue weighted by Gasteiger charge is -2.51. The Balaban J connectivity index is 2.02. The van der Waals surface area contributed by atoms with Crippen LogP contribution in [0.2, 0.25) is 0 Å². The van der Waals surface area contributed by atoms with Gasteiger partial charge in [0, 0.05) is 19.0 Å². The quantitative estimate of drug-likeness (QED) is 0.485. The van der Waals surface area contributed by atoms with Gasteiger partial charge in [0.25, 0.3) is 0 Å². The summed E-state index contributed by atoms with van der Waals surface area (Å²) in [5.74, 6) is 0. The Morgan fingerprint density at radius 1 is 1.08 bits per heavy atom. The third kappa shape index (κ3) is 4.28. The average molecular weight is 374 g/mol. The van der Waals surface area contributed by atoms with E-state index in [0.29, 0.717) is 6.04 Å². The van der Waals surface area contributed by atoms with E-state index in [-0.39, 0.29) is 11.8 Å². The summed E-state index contributed by atoms with van der Waals surface area (Å²) in [6.07, 6.45) is 2.23. The number of rotatable bonds is 5. The van der Waals surface area contributed by atoms with Gasteiger partial charge in [0.1, 0.15) is 12.5 Å². The lowest BCUT2D eigenvalue weighted by Crippen LogP contribution is -2.41. The molecular weight excluding hydrogens is 345 g/mol. The van der Waals surface area contributed by atoms with E-state index in [1.807, 2.05) is 0 Å². The van der Waals surface area contributed by atoms with Crippen molar-refractivity contribution in [2.24, 2.45) is 0 Å². The Hall–Kier alpha value is -0.860. The first-order chi connectivity index (χ1) is 12.0. The fraction of sp³-hybridized carbons (Fsp3) is 0.429. The maximum absolute atomic E-state index is 6.59. The third-order valence-corrected chi connectivity index (χ3v) is 9.86. The molecule has 1 saturated heterocycles. The van der Waals surface area contributed by atoms with Gasteiger partial charge in [-0.1, -0.05) is 60.7 Å². The van der Waals surface area contributed by atoms with Gasteiger partial charge < -0.3 is 12.2 Å². The van der Waals surface area contributed by atoms with Crippen molar-refractivity contribution >= 4 is 19.1 Å². The molecule has 25 heavy (non-hydrogen) atoms. The zero-order chi connectivity index (χ0) is 17.9. The molecule has 0 spiro atoms. The molecular formula is C21H28NOPS. The number of hydrogen-bond donors (Lipinski definition) is 0. The molecule has 2 nitrogen and oxygen atoms in total. The van der Waals surface area contributed by atoms with Crippen LogP contribution in [0.25, 0.3) is 0 Å². The van der Waals surface area contributed by atoms with Crippen LogP contribution in [0.5, 0.6) is 0 Å². The van der Waals surface area contributed by atoms with Crippen molar-refractivity contribution in [3.05, 3.63) is 71.8 Å². The van der Waals surface area contributed by atoms with Crippen LogP contribution < -0.4 is 0 Å². The topological polar surface area (TPSA) is 12.5 Å². The Kier molecular flexibility index (Phi) is 6.22. The molecule has 0 bridgehead atoms. The smallest absolute Gasteiger partial charge is 0.122 e. The van der Waals surface area contributed by atoms with Gasteiger partial charge in [0.2, 0.25) is 0 Å². The predicted octanol–water partition coefficient (Wildman–Crippen LogP) is 5.80. The summed E-state index contributed by atoms with van der Waals surface area (Å²) in [5.41, 5.74) is 2.84. The largest absolute Gasteiger partial charge is 0.505 e. The highest BCUT2D eigenvalue weighted by Gasteiger charge is 2.48. The highest BCUT2D eigenvalue weighted by Crippen LogP contribution is 2.74. The van der Waals surface area contributed by atoms with E-state index in [0.717, 1.165) is 19.4 Å². The first-order valence-electron chi connectivity index (χ1n) is 9.15. The molecule has 3 rings (SSSR count). The second-order valence-corrected chi connectivity index (χ2v) is 11.2. The molecule has 0 N–H and O–H groups in total. The second-order valence-electron chi connectivity index (χ2n) is 7.14. The standard InChI is InChI=1S/C21H28NOPS/c1-17(2)22-15-14-18(3)23-24(22,25)21(20-12-8-5-9-13-20)16-19-10-6-4-7-11-19/h4-13,17-18,21H,14-16H2,1-3H3/t18-,21+,24?/m0/s1. The Labute approximate surface area is 158 Å². The second kappa shape index (κ2) is 8.22. The van der Waals surface area contributed by atoms with Crippen molar-refractivity contribution in [2.45, 2.75) is 51.4 Å². The molecule has 0 amide bonds. The number of nitrogens with zero attached hydrogens (tertiary/aromatic N) is 1. The molecule has 1 unspecified atom stereocenters. The molecule has 3 atom stereocenters. The maximum atomic E-state index is 6.59. The number of hydrogen-bond acceptors (Lipinski definition) is 3. The van der Waals surface area contributed by atoms with E-state index >= 15 is 0 Å². The molecule has 0 aliphatic carbocycles. The molecule has 2 aromatic carbocycles. The molecule has 1 aliphatic rings. The maximum Gasteiger partial charge on any atom is 0.122 e. The number of benzene rings is 2.